The van der Waals surface area contributed by atoms with Gasteiger partial charge in [-0.2, -0.15) is 0 Å². The van der Waals surface area contributed by atoms with Crippen LogP contribution >= 0.6 is 27.5 Å². The topological polar surface area (TPSA) is 42.7 Å². The molecule has 1 heterocycles. The molecule has 0 saturated heterocycles. The standard InChI is InChI=1S/C10H10BrClN4/c1-13-5-7-6-16(15-14-7)8-2-3-9(11)10(12)4-8/h2-4,6,13H,5H2,1H3. The molecule has 0 aliphatic heterocycles. The van der Waals surface area contributed by atoms with Crippen LogP contribution in [0.3, 0.4) is 0 Å². The Bertz CT molecular complexity index is 497. The Morgan fingerprint density at radius 1 is 1.50 bits per heavy atom. The third kappa shape index (κ3) is 2.42. The molecule has 0 bridgehead atoms. The number of nitrogens with one attached hydrogen (secondary N) is 1. The van der Waals surface area contributed by atoms with Crippen LogP contribution in [0.4, 0.5) is 0 Å². The van der Waals surface area contributed by atoms with Gasteiger partial charge in [0.2, 0.25) is 0 Å². The number of hydrogen-bond donors (Lipinski definition) is 1. The summed E-state index contributed by atoms with van der Waals surface area (Å²) >= 11 is 9.36. The summed E-state index contributed by atoms with van der Waals surface area (Å²) in [5.74, 6) is 0. The number of rotatable bonds is 3. The van der Waals surface area contributed by atoms with Crippen molar-refractivity contribution in [1.82, 2.24) is 20.3 Å². The van der Waals surface area contributed by atoms with Crippen molar-refractivity contribution in [3.8, 4) is 5.69 Å². The minimum atomic E-state index is 0.656. The first-order valence-electron chi connectivity index (χ1n) is 4.72. The first-order chi connectivity index (χ1) is 7.70. The van der Waals surface area contributed by atoms with Crippen molar-refractivity contribution in [2.75, 3.05) is 7.05 Å². The van der Waals surface area contributed by atoms with Gasteiger partial charge in [-0.05, 0) is 41.2 Å². The van der Waals surface area contributed by atoms with Gasteiger partial charge in [-0.15, -0.1) is 5.10 Å². The van der Waals surface area contributed by atoms with Gasteiger partial charge >= 0.3 is 0 Å². The Balaban J connectivity index is 2.31. The Morgan fingerprint density at radius 2 is 2.31 bits per heavy atom. The molecular formula is C10H10BrClN4. The summed E-state index contributed by atoms with van der Waals surface area (Å²) in [5, 5.41) is 11.7. The summed E-state index contributed by atoms with van der Waals surface area (Å²) in [7, 11) is 1.87. The second-order valence-electron chi connectivity index (χ2n) is 3.28. The van der Waals surface area contributed by atoms with E-state index >= 15 is 0 Å². The molecule has 6 heteroatoms. The first kappa shape index (κ1) is 11.6. The zero-order valence-corrected chi connectivity index (χ0v) is 11.0. The molecule has 1 aromatic heterocycles. The summed E-state index contributed by atoms with van der Waals surface area (Å²) in [6, 6.07) is 5.65. The van der Waals surface area contributed by atoms with Crippen LogP contribution in [0.5, 0.6) is 0 Å². The van der Waals surface area contributed by atoms with Crippen molar-refractivity contribution in [3.63, 3.8) is 0 Å². The van der Waals surface area contributed by atoms with Crippen LogP contribution in [0, 0.1) is 0 Å². The maximum Gasteiger partial charge on any atom is 0.0969 e. The van der Waals surface area contributed by atoms with Gasteiger partial charge in [-0.3, -0.25) is 0 Å². The van der Waals surface area contributed by atoms with Crippen LogP contribution in [0.1, 0.15) is 5.69 Å². The molecule has 2 rings (SSSR count). The Labute approximate surface area is 107 Å². The van der Waals surface area contributed by atoms with E-state index in [0.717, 1.165) is 15.9 Å². The maximum atomic E-state index is 6.01. The molecule has 0 atom stereocenters. The van der Waals surface area contributed by atoms with Crippen LogP contribution in [0.25, 0.3) is 5.69 Å². The lowest BCUT2D eigenvalue weighted by atomic mass is 10.3. The van der Waals surface area contributed by atoms with Crippen LogP contribution < -0.4 is 5.32 Å². The van der Waals surface area contributed by atoms with E-state index in [1.165, 1.54) is 0 Å². The molecule has 0 fully saturated rings. The number of hydrogen-bond acceptors (Lipinski definition) is 3. The molecule has 0 radical (unpaired) electrons. The summed E-state index contributed by atoms with van der Waals surface area (Å²) in [6.07, 6.45) is 1.87. The minimum absolute atomic E-state index is 0.656. The highest BCUT2D eigenvalue weighted by Crippen LogP contribution is 2.24. The monoisotopic (exact) mass is 300 g/mol. The van der Waals surface area contributed by atoms with Crippen molar-refractivity contribution in [3.05, 3.63) is 39.6 Å². The highest BCUT2D eigenvalue weighted by Gasteiger charge is 2.04. The molecule has 84 valence electrons. The van der Waals surface area contributed by atoms with Crippen molar-refractivity contribution in [1.29, 1.82) is 0 Å². The predicted octanol–water partition coefficient (Wildman–Crippen LogP) is 2.40. The second-order valence-corrected chi connectivity index (χ2v) is 4.54. The molecule has 1 N–H and O–H groups in total. The van der Waals surface area contributed by atoms with Crippen molar-refractivity contribution >= 4 is 27.5 Å². The van der Waals surface area contributed by atoms with Crippen molar-refractivity contribution in [2.24, 2.45) is 0 Å². The number of halogens is 2. The fraction of sp³-hybridized carbons (Fsp3) is 0.200. The molecule has 16 heavy (non-hydrogen) atoms. The summed E-state index contributed by atoms with van der Waals surface area (Å²) < 4.78 is 2.57. The van der Waals surface area contributed by atoms with Gasteiger partial charge in [0, 0.05) is 11.0 Å². The Morgan fingerprint density at radius 3 is 3.00 bits per heavy atom. The average Bonchev–Trinajstić information content (AvgIpc) is 2.71. The van der Waals surface area contributed by atoms with Crippen LogP contribution in [0.15, 0.2) is 28.9 Å². The third-order valence-corrected chi connectivity index (χ3v) is 3.30. The lowest BCUT2D eigenvalue weighted by Crippen LogP contribution is -2.04. The van der Waals surface area contributed by atoms with Gasteiger partial charge in [-0.1, -0.05) is 16.8 Å². The molecule has 0 unspecified atom stereocenters. The highest BCUT2D eigenvalue weighted by molar-refractivity contribution is 9.10. The molecular weight excluding hydrogens is 291 g/mol. The molecule has 0 amide bonds. The van der Waals surface area contributed by atoms with Crippen LogP contribution in [0.2, 0.25) is 5.02 Å². The lowest BCUT2D eigenvalue weighted by molar-refractivity contribution is 0.767. The summed E-state index contributed by atoms with van der Waals surface area (Å²) in [5.41, 5.74) is 1.78. The van der Waals surface area contributed by atoms with Gasteiger partial charge < -0.3 is 5.32 Å². The molecule has 0 aliphatic rings. The molecule has 0 saturated carbocycles. The van der Waals surface area contributed by atoms with Crippen LogP contribution in [-0.2, 0) is 6.54 Å². The van der Waals surface area contributed by atoms with Gasteiger partial charge in [0.1, 0.15) is 0 Å². The SMILES string of the molecule is CNCc1cn(-c2ccc(Br)c(Cl)c2)nn1. The van der Waals surface area contributed by atoms with E-state index in [1.807, 2.05) is 31.4 Å². The second kappa shape index (κ2) is 4.95. The van der Waals surface area contributed by atoms with Crippen molar-refractivity contribution in [2.45, 2.75) is 6.54 Å². The van der Waals surface area contributed by atoms with Crippen molar-refractivity contribution < 1.29 is 0 Å². The highest BCUT2D eigenvalue weighted by atomic mass is 79.9. The number of benzene rings is 1. The average molecular weight is 302 g/mol. The number of nitrogens with zero attached hydrogens (tertiary/aromatic N) is 3. The van der Waals surface area contributed by atoms with E-state index in [1.54, 1.807) is 4.68 Å². The zero-order chi connectivity index (χ0) is 11.5. The van der Waals surface area contributed by atoms with E-state index in [2.05, 4.69) is 31.6 Å². The molecule has 0 aliphatic carbocycles. The van der Waals surface area contributed by atoms with E-state index in [9.17, 15) is 0 Å². The summed E-state index contributed by atoms with van der Waals surface area (Å²) in [6.45, 7) is 0.699. The van der Waals surface area contributed by atoms with E-state index < -0.39 is 0 Å². The largest absolute Gasteiger partial charge is 0.314 e. The van der Waals surface area contributed by atoms with E-state index in [-0.39, 0.29) is 0 Å². The molecule has 1 aromatic carbocycles. The Kier molecular flexibility index (Phi) is 3.58. The van der Waals surface area contributed by atoms with E-state index in [4.69, 9.17) is 11.6 Å². The lowest BCUT2D eigenvalue weighted by Gasteiger charge is -2.01. The minimum Gasteiger partial charge on any atom is -0.314 e. The van der Waals surface area contributed by atoms with Gasteiger partial charge in [0.15, 0.2) is 0 Å². The fourth-order valence-corrected chi connectivity index (χ4v) is 1.74. The third-order valence-electron chi connectivity index (χ3n) is 2.07. The molecule has 2 aromatic rings. The Hall–Kier alpha value is -0.910. The van der Waals surface area contributed by atoms with Gasteiger partial charge in [0.05, 0.1) is 22.6 Å². The molecule has 4 nitrogen and oxygen atoms in total. The van der Waals surface area contributed by atoms with Crippen LogP contribution in [-0.4, -0.2) is 22.0 Å². The quantitative estimate of drug-likeness (QED) is 0.946. The first-order valence-corrected chi connectivity index (χ1v) is 5.89. The smallest absolute Gasteiger partial charge is 0.0969 e. The van der Waals surface area contributed by atoms with Gasteiger partial charge in [-0.25, -0.2) is 4.68 Å². The fourth-order valence-electron chi connectivity index (χ4n) is 1.31. The number of aromatic nitrogens is 3. The normalized spacial score (nSPS) is 10.7. The zero-order valence-electron chi connectivity index (χ0n) is 8.61. The van der Waals surface area contributed by atoms with Gasteiger partial charge in [0.25, 0.3) is 0 Å². The molecule has 0 spiro atoms. The maximum absolute atomic E-state index is 6.01. The predicted molar refractivity (Wildman–Crippen MR) is 66.8 cm³/mol. The summed E-state index contributed by atoms with van der Waals surface area (Å²) in [4.78, 5) is 0. The van der Waals surface area contributed by atoms with E-state index in [0.29, 0.717) is 11.6 Å².